The second-order valence-corrected chi connectivity index (χ2v) is 5.85. The third-order valence-corrected chi connectivity index (χ3v) is 3.51. The number of hydrogen-bond donors (Lipinski definition) is 4. The number of unbranched alkanes of at least 4 members (excludes halogenated alkanes) is 1. The second kappa shape index (κ2) is 12.3. The van der Waals surface area contributed by atoms with E-state index in [0.717, 1.165) is 5.56 Å². The molecule has 4 N–H and O–H groups in total. The summed E-state index contributed by atoms with van der Waals surface area (Å²) in [5.41, 5.74) is 0.887. The topological polar surface area (TPSA) is 134 Å². The first-order valence-electron chi connectivity index (χ1n) is 8.59. The minimum absolute atomic E-state index is 0.182. The Bertz CT molecular complexity index is 635. The van der Waals surface area contributed by atoms with Gasteiger partial charge < -0.3 is 25.8 Å². The van der Waals surface area contributed by atoms with Crippen LogP contribution in [0.2, 0.25) is 0 Å². The molecule has 0 fully saturated rings. The van der Waals surface area contributed by atoms with Crippen molar-refractivity contribution in [2.24, 2.45) is 0 Å². The number of hydrogen-bond acceptors (Lipinski definition) is 5. The van der Waals surface area contributed by atoms with Gasteiger partial charge in [-0.2, -0.15) is 0 Å². The fourth-order valence-corrected chi connectivity index (χ4v) is 2.24. The van der Waals surface area contributed by atoms with Crippen molar-refractivity contribution in [3.05, 3.63) is 35.9 Å². The molecule has 0 unspecified atom stereocenters. The van der Waals surface area contributed by atoms with Gasteiger partial charge in [-0.05, 0) is 24.8 Å². The quantitative estimate of drug-likeness (QED) is 0.420. The summed E-state index contributed by atoms with van der Waals surface area (Å²) in [6.07, 6.45) is 0.912. The van der Waals surface area contributed by atoms with Crippen LogP contribution in [0, 0.1) is 0 Å². The predicted molar refractivity (Wildman–Crippen MR) is 96.7 cm³/mol. The van der Waals surface area contributed by atoms with Crippen LogP contribution in [0.5, 0.6) is 0 Å². The second-order valence-electron chi connectivity index (χ2n) is 5.85. The largest absolute Gasteiger partial charge is 0.480 e. The smallest absolute Gasteiger partial charge is 0.407 e. The van der Waals surface area contributed by atoms with E-state index in [-0.39, 0.29) is 12.5 Å². The van der Waals surface area contributed by atoms with Gasteiger partial charge in [-0.15, -0.1) is 0 Å². The maximum Gasteiger partial charge on any atom is 0.407 e. The van der Waals surface area contributed by atoms with Crippen molar-refractivity contribution >= 4 is 23.9 Å². The first-order chi connectivity index (χ1) is 12.9. The Morgan fingerprint density at radius 3 is 2.41 bits per heavy atom. The van der Waals surface area contributed by atoms with E-state index in [1.165, 1.54) is 6.92 Å². The van der Waals surface area contributed by atoms with E-state index in [1.807, 2.05) is 30.3 Å². The highest BCUT2D eigenvalue weighted by atomic mass is 16.5. The van der Waals surface area contributed by atoms with E-state index in [1.54, 1.807) is 0 Å². The fraction of sp³-hybridized carbons (Fsp3) is 0.444. The number of rotatable bonds is 11. The van der Waals surface area contributed by atoms with E-state index in [9.17, 15) is 19.2 Å². The zero-order valence-corrected chi connectivity index (χ0v) is 15.2. The van der Waals surface area contributed by atoms with Gasteiger partial charge in [0.05, 0.1) is 0 Å². The Hall–Kier alpha value is -3.10. The summed E-state index contributed by atoms with van der Waals surface area (Å²) in [5.74, 6) is -2.10. The summed E-state index contributed by atoms with van der Waals surface area (Å²) < 4.78 is 5.07. The van der Waals surface area contributed by atoms with Crippen LogP contribution >= 0.6 is 0 Å². The standard InChI is InChI=1S/C18H25N3O6/c1-13(22)21-15(17(25)20-11-16(23)24)9-5-6-10-19-18(26)27-12-14-7-3-2-4-8-14/h2-4,7-8,15H,5-6,9-12H2,1H3,(H,19,26)(H,20,25)(H,21,22)(H,23,24)/t15-/m0/s1. The monoisotopic (exact) mass is 379 g/mol. The first-order valence-corrected chi connectivity index (χ1v) is 8.59. The van der Waals surface area contributed by atoms with Gasteiger partial charge in [-0.25, -0.2) is 4.79 Å². The zero-order chi connectivity index (χ0) is 20.1. The summed E-state index contributed by atoms with van der Waals surface area (Å²) >= 11 is 0. The number of ether oxygens (including phenoxy) is 1. The van der Waals surface area contributed by atoms with Crippen LogP contribution in [0.4, 0.5) is 4.79 Å². The van der Waals surface area contributed by atoms with Crippen LogP contribution in [-0.2, 0) is 25.7 Å². The number of alkyl carbamates (subject to hydrolysis) is 1. The van der Waals surface area contributed by atoms with Crippen molar-refractivity contribution in [3.63, 3.8) is 0 Å². The van der Waals surface area contributed by atoms with Gasteiger partial charge in [0.25, 0.3) is 0 Å². The minimum Gasteiger partial charge on any atom is -0.480 e. The lowest BCUT2D eigenvalue weighted by Crippen LogP contribution is -2.47. The van der Waals surface area contributed by atoms with Gasteiger partial charge in [0, 0.05) is 13.5 Å². The lowest BCUT2D eigenvalue weighted by Gasteiger charge is -2.17. The molecular formula is C18H25N3O6. The normalized spacial score (nSPS) is 11.1. The summed E-state index contributed by atoms with van der Waals surface area (Å²) in [5, 5.41) is 15.9. The highest BCUT2D eigenvalue weighted by Crippen LogP contribution is 2.03. The average Bonchev–Trinajstić information content (AvgIpc) is 2.63. The van der Waals surface area contributed by atoms with E-state index >= 15 is 0 Å². The molecule has 0 spiro atoms. The number of aliphatic carboxylic acids is 1. The fourth-order valence-electron chi connectivity index (χ4n) is 2.24. The maximum absolute atomic E-state index is 11.9. The first kappa shape index (κ1) is 21.9. The van der Waals surface area contributed by atoms with Gasteiger partial charge in [-0.1, -0.05) is 30.3 Å². The van der Waals surface area contributed by atoms with Crippen LogP contribution < -0.4 is 16.0 Å². The van der Waals surface area contributed by atoms with Crippen molar-refractivity contribution < 1.29 is 29.0 Å². The molecule has 0 saturated heterocycles. The lowest BCUT2D eigenvalue weighted by atomic mass is 10.1. The number of carboxylic acid groups (broad SMARTS) is 1. The number of carboxylic acids is 1. The van der Waals surface area contributed by atoms with E-state index in [4.69, 9.17) is 9.84 Å². The summed E-state index contributed by atoms with van der Waals surface area (Å²) in [4.78, 5) is 45.2. The van der Waals surface area contributed by atoms with Gasteiger partial charge in [0.2, 0.25) is 11.8 Å². The predicted octanol–water partition coefficient (Wildman–Crippen LogP) is 0.789. The SMILES string of the molecule is CC(=O)N[C@@H](CCCCNC(=O)OCc1ccccc1)C(=O)NCC(=O)O. The molecule has 1 aromatic carbocycles. The van der Waals surface area contributed by atoms with Crippen molar-refractivity contribution in [2.45, 2.75) is 38.8 Å². The molecular weight excluding hydrogens is 354 g/mol. The molecule has 3 amide bonds. The Morgan fingerprint density at radius 1 is 1.07 bits per heavy atom. The van der Waals surface area contributed by atoms with Gasteiger partial charge in [0.15, 0.2) is 0 Å². The molecule has 0 aliphatic carbocycles. The molecule has 0 aliphatic rings. The van der Waals surface area contributed by atoms with E-state index in [0.29, 0.717) is 25.8 Å². The molecule has 0 aromatic heterocycles. The van der Waals surface area contributed by atoms with Gasteiger partial charge in [-0.3, -0.25) is 14.4 Å². The summed E-state index contributed by atoms with van der Waals surface area (Å²) in [6.45, 7) is 1.31. The Balaban J connectivity index is 2.23. The van der Waals surface area contributed by atoms with Crippen LogP contribution in [0.25, 0.3) is 0 Å². The zero-order valence-electron chi connectivity index (χ0n) is 15.2. The van der Waals surface area contributed by atoms with Crippen molar-refractivity contribution in [2.75, 3.05) is 13.1 Å². The number of amides is 3. The molecule has 1 rings (SSSR count). The van der Waals surface area contributed by atoms with Crippen molar-refractivity contribution in [1.29, 1.82) is 0 Å². The average molecular weight is 379 g/mol. The molecule has 148 valence electrons. The van der Waals surface area contributed by atoms with Crippen LogP contribution in [-0.4, -0.2) is 48.1 Å². The van der Waals surface area contributed by atoms with Crippen LogP contribution in [0.3, 0.4) is 0 Å². The van der Waals surface area contributed by atoms with E-state index < -0.39 is 30.6 Å². The molecule has 0 heterocycles. The molecule has 0 saturated carbocycles. The molecule has 0 radical (unpaired) electrons. The molecule has 1 atom stereocenters. The lowest BCUT2D eigenvalue weighted by molar-refractivity contribution is -0.138. The number of nitrogens with one attached hydrogen (secondary N) is 3. The Kier molecular flexibility index (Phi) is 9.98. The summed E-state index contributed by atoms with van der Waals surface area (Å²) in [6, 6.07) is 8.48. The molecule has 9 heteroatoms. The number of carbonyl (C=O) groups is 4. The molecule has 0 bridgehead atoms. The Labute approximate surface area is 157 Å². The molecule has 0 aliphatic heterocycles. The molecule has 27 heavy (non-hydrogen) atoms. The third kappa shape index (κ3) is 10.5. The number of benzene rings is 1. The molecule has 1 aromatic rings. The van der Waals surface area contributed by atoms with Gasteiger partial charge in [0.1, 0.15) is 19.2 Å². The van der Waals surface area contributed by atoms with Crippen molar-refractivity contribution in [1.82, 2.24) is 16.0 Å². The highest BCUT2D eigenvalue weighted by Gasteiger charge is 2.19. The van der Waals surface area contributed by atoms with Crippen LogP contribution in [0.15, 0.2) is 30.3 Å². The minimum atomic E-state index is -1.16. The molecule has 9 nitrogen and oxygen atoms in total. The summed E-state index contributed by atoms with van der Waals surface area (Å²) in [7, 11) is 0. The van der Waals surface area contributed by atoms with E-state index in [2.05, 4.69) is 16.0 Å². The van der Waals surface area contributed by atoms with Gasteiger partial charge >= 0.3 is 12.1 Å². The third-order valence-electron chi connectivity index (χ3n) is 3.51. The van der Waals surface area contributed by atoms with Crippen molar-refractivity contribution in [3.8, 4) is 0 Å². The maximum atomic E-state index is 11.9. The Morgan fingerprint density at radius 2 is 1.78 bits per heavy atom. The highest BCUT2D eigenvalue weighted by molar-refractivity contribution is 5.88. The number of carbonyl (C=O) groups excluding carboxylic acids is 3. The van der Waals surface area contributed by atoms with Crippen LogP contribution in [0.1, 0.15) is 31.7 Å².